The van der Waals surface area contributed by atoms with E-state index in [0.29, 0.717) is 12.0 Å². The number of phenolic OH excluding ortho intramolecular Hbond substituents is 1. The van der Waals surface area contributed by atoms with Crippen LogP contribution in [0.2, 0.25) is 0 Å². The quantitative estimate of drug-likeness (QED) is 0.256. The summed E-state index contributed by atoms with van der Waals surface area (Å²) in [4.78, 5) is 39.2. The molecule has 0 aromatic heterocycles. The summed E-state index contributed by atoms with van der Waals surface area (Å²) in [6.45, 7) is 1.98. The Kier molecular flexibility index (Phi) is 6.68. The van der Waals surface area contributed by atoms with Gasteiger partial charge in [0.1, 0.15) is 11.4 Å². The molecule has 0 saturated carbocycles. The van der Waals surface area contributed by atoms with Crippen molar-refractivity contribution in [3.63, 3.8) is 0 Å². The lowest BCUT2D eigenvalue weighted by atomic mass is 9.96. The van der Waals surface area contributed by atoms with Crippen molar-refractivity contribution < 1.29 is 9.90 Å². The lowest BCUT2D eigenvalue weighted by molar-refractivity contribution is 0.0825. The van der Waals surface area contributed by atoms with E-state index in [1.54, 1.807) is 26.2 Å². The molecule has 0 bridgehead atoms. The lowest BCUT2D eigenvalue weighted by Gasteiger charge is -2.23. The smallest absolute Gasteiger partial charge is 0.257 e. The summed E-state index contributed by atoms with van der Waals surface area (Å²) < 4.78 is 0. The summed E-state index contributed by atoms with van der Waals surface area (Å²) >= 11 is 0. The first-order chi connectivity index (χ1) is 16.8. The van der Waals surface area contributed by atoms with Gasteiger partial charge in [0.05, 0.1) is 17.3 Å². The zero-order valence-corrected chi connectivity index (χ0v) is 19.8. The summed E-state index contributed by atoms with van der Waals surface area (Å²) in [5, 5.41) is 17.2. The van der Waals surface area contributed by atoms with Gasteiger partial charge in [-0.1, -0.05) is 73.7 Å². The molecule has 7 heteroatoms. The van der Waals surface area contributed by atoms with Gasteiger partial charge in [-0.25, -0.2) is 0 Å². The number of nitrogens with one attached hydrogen (secondary N) is 2. The van der Waals surface area contributed by atoms with E-state index in [1.165, 1.54) is 4.90 Å². The van der Waals surface area contributed by atoms with Crippen LogP contribution in [0.4, 0.5) is 17.1 Å². The van der Waals surface area contributed by atoms with Gasteiger partial charge in [0.2, 0.25) is 0 Å². The van der Waals surface area contributed by atoms with Crippen LogP contribution in [0.3, 0.4) is 0 Å². The first-order valence-electron chi connectivity index (χ1n) is 11.4. The molecule has 0 radical (unpaired) electrons. The molecule has 0 aliphatic heterocycles. The number of hydrogen-bond donors (Lipinski definition) is 3. The molecule has 1 atom stereocenters. The molecule has 0 saturated heterocycles. The Morgan fingerprint density at radius 3 is 2.09 bits per heavy atom. The molecule has 0 heterocycles. The SMILES string of the molecule is CC[C@@H](Nc1c(Nc2ccc(-c3ccccc3)c(C(=O)N(C)C)c2O)c(=O)c1=O)c1ccccc1. The summed E-state index contributed by atoms with van der Waals surface area (Å²) in [5.41, 5.74) is 1.52. The number of carbonyl (C=O) groups excluding carboxylic acids is 1. The van der Waals surface area contributed by atoms with Gasteiger partial charge >= 0.3 is 0 Å². The van der Waals surface area contributed by atoms with Crippen molar-refractivity contribution >= 4 is 23.0 Å². The predicted molar refractivity (Wildman–Crippen MR) is 139 cm³/mol. The van der Waals surface area contributed by atoms with E-state index in [0.717, 1.165) is 11.1 Å². The third kappa shape index (κ3) is 4.53. The average Bonchev–Trinajstić information content (AvgIpc) is 2.89. The van der Waals surface area contributed by atoms with Crippen LogP contribution in [0.15, 0.2) is 82.4 Å². The van der Waals surface area contributed by atoms with Crippen molar-refractivity contribution in [2.24, 2.45) is 0 Å². The van der Waals surface area contributed by atoms with Crippen LogP contribution in [-0.2, 0) is 0 Å². The molecule has 0 aliphatic rings. The maximum absolute atomic E-state index is 13.0. The fourth-order valence-corrected chi connectivity index (χ4v) is 4.05. The number of aromatic hydroxyl groups is 1. The Morgan fingerprint density at radius 2 is 1.49 bits per heavy atom. The van der Waals surface area contributed by atoms with Gasteiger partial charge in [0, 0.05) is 14.1 Å². The zero-order chi connectivity index (χ0) is 25.1. The number of phenols is 1. The fraction of sp³-hybridized carbons (Fsp3) is 0.179. The first-order valence-corrected chi connectivity index (χ1v) is 11.4. The van der Waals surface area contributed by atoms with Crippen LogP contribution in [0.25, 0.3) is 11.1 Å². The second-order valence-corrected chi connectivity index (χ2v) is 8.50. The van der Waals surface area contributed by atoms with Crippen molar-refractivity contribution in [1.29, 1.82) is 0 Å². The fourth-order valence-electron chi connectivity index (χ4n) is 4.05. The highest BCUT2D eigenvalue weighted by Gasteiger charge is 2.27. The standard InChI is InChI=1S/C28H27N3O4/c1-4-20(18-13-9-6-10-14-18)29-23-24(27(34)26(23)33)30-21-16-15-19(17-11-7-5-8-12-17)22(25(21)32)28(35)31(2)3/h5-16,20,29-30,32H,4H2,1-3H3/t20-/m1/s1. The third-order valence-corrected chi connectivity index (χ3v) is 5.98. The molecule has 0 unspecified atom stereocenters. The Morgan fingerprint density at radius 1 is 0.886 bits per heavy atom. The highest BCUT2D eigenvalue weighted by atomic mass is 16.3. The van der Waals surface area contributed by atoms with Crippen molar-refractivity contribution in [3.8, 4) is 16.9 Å². The zero-order valence-electron chi connectivity index (χ0n) is 19.8. The van der Waals surface area contributed by atoms with Gasteiger partial charge in [-0.2, -0.15) is 0 Å². The molecule has 0 aliphatic carbocycles. The molecular weight excluding hydrogens is 442 g/mol. The Labute approximate surface area is 203 Å². The van der Waals surface area contributed by atoms with E-state index in [1.807, 2.05) is 67.6 Å². The van der Waals surface area contributed by atoms with Gasteiger partial charge in [0.25, 0.3) is 16.8 Å². The molecular formula is C28H27N3O4. The summed E-state index contributed by atoms with van der Waals surface area (Å²) in [6.07, 6.45) is 0.695. The Balaban J connectivity index is 1.72. The molecule has 0 spiro atoms. The maximum Gasteiger partial charge on any atom is 0.257 e. The minimum absolute atomic E-state index is 0.0652. The van der Waals surface area contributed by atoms with Gasteiger partial charge in [-0.05, 0) is 29.2 Å². The molecule has 178 valence electrons. The number of anilines is 3. The number of amides is 1. The van der Waals surface area contributed by atoms with E-state index >= 15 is 0 Å². The predicted octanol–water partition coefficient (Wildman–Crippen LogP) is 4.66. The van der Waals surface area contributed by atoms with Crippen LogP contribution < -0.4 is 21.5 Å². The van der Waals surface area contributed by atoms with Crippen LogP contribution in [-0.4, -0.2) is 30.0 Å². The van der Waals surface area contributed by atoms with Crippen LogP contribution >= 0.6 is 0 Å². The molecule has 1 amide bonds. The number of benzene rings is 3. The molecule has 0 fully saturated rings. The minimum Gasteiger partial charge on any atom is -0.505 e. The average molecular weight is 470 g/mol. The Bertz CT molecular complexity index is 1420. The lowest BCUT2D eigenvalue weighted by Crippen LogP contribution is -2.37. The summed E-state index contributed by atoms with van der Waals surface area (Å²) in [7, 11) is 3.20. The molecule has 7 nitrogen and oxygen atoms in total. The number of rotatable bonds is 8. The largest absolute Gasteiger partial charge is 0.505 e. The molecule has 35 heavy (non-hydrogen) atoms. The van der Waals surface area contributed by atoms with Crippen LogP contribution in [0, 0.1) is 0 Å². The summed E-state index contributed by atoms with van der Waals surface area (Å²) in [6, 6.07) is 22.0. The first kappa shape index (κ1) is 23.8. The molecule has 4 rings (SSSR count). The number of hydrogen-bond acceptors (Lipinski definition) is 6. The second kappa shape index (κ2) is 9.85. The van der Waals surface area contributed by atoms with E-state index < -0.39 is 10.9 Å². The highest BCUT2D eigenvalue weighted by Crippen LogP contribution is 2.38. The topological polar surface area (TPSA) is 98.7 Å². The second-order valence-electron chi connectivity index (χ2n) is 8.50. The number of nitrogens with zero attached hydrogens (tertiary/aromatic N) is 1. The van der Waals surface area contributed by atoms with Crippen molar-refractivity contribution in [1.82, 2.24) is 4.90 Å². The van der Waals surface area contributed by atoms with Gasteiger partial charge in [-0.15, -0.1) is 0 Å². The minimum atomic E-state index is -0.678. The third-order valence-electron chi connectivity index (χ3n) is 5.98. The monoisotopic (exact) mass is 469 g/mol. The van der Waals surface area contributed by atoms with Crippen molar-refractivity contribution in [2.45, 2.75) is 19.4 Å². The van der Waals surface area contributed by atoms with Crippen molar-refractivity contribution in [3.05, 3.63) is 104 Å². The van der Waals surface area contributed by atoms with Crippen LogP contribution in [0.5, 0.6) is 5.75 Å². The van der Waals surface area contributed by atoms with E-state index in [2.05, 4.69) is 10.6 Å². The molecule has 4 aromatic rings. The van der Waals surface area contributed by atoms with Gasteiger partial charge < -0.3 is 20.6 Å². The summed E-state index contributed by atoms with van der Waals surface area (Å²) in [5.74, 6) is -0.678. The van der Waals surface area contributed by atoms with E-state index in [-0.39, 0.29) is 40.3 Å². The Hall–Kier alpha value is -4.39. The van der Waals surface area contributed by atoms with Gasteiger partial charge in [0.15, 0.2) is 5.75 Å². The highest BCUT2D eigenvalue weighted by molar-refractivity contribution is 6.05. The van der Waals surface area contributed by atoms with Crippen LogP contribution in [0.1, 0.15) is 35.3 Å². The molecule has 4 aromatic carbocycles. The van der Waals surface area contributed by atoms with Gasteiger partial charge in [-0.3, -0.25) is 14.4 Å². The number of carbonyl (C=O) groups is 1. The maximum atomic E-state index is 13.0. The molecule has 3 N–H and O–H groups in total. The van der Waals surface area contributed by atoms with E-state index in [9.17, 15) is 19.5 Å². The normalized spacial score (nSPS) is 11.7. The van der Waals surface area contributed by atoms with E-state index in [4.69, 9.17) is 0 Å². The van der Waals surface area contributed by atoms with Crippen molar-refractivity contribution in [2.75, 3.05) is 24.7 Å².